The van der Waals surface area contributed by atoms with Gasteiger partial charge in [0.05, 0.1) is 11.0 Å². The van der Waals surface area contributed by atoms with Crippen LogP contribution in [0.3, 0.4) is 0 Å². The number of nitrogens with zero attached hydrogens (tertiary/aromatic N) is 4. The Morgan fingerprint density at radius 3 is 1.92 bits per heavy atom. The maximum absolute atomic E-state index is 6.49. The Balaban J connectivity index is 1.07. The summed E-state index contributed by atoms with van der Waals surface area (Å²) in [6, 6.07) is 64.2. The predicted octanol–water partition coefficient (Wildman–Crippen LogP) is 13.8. The molecule has 0 atom stereocenters. The first-order chi connectivity index (χ1) is 29.0. The van der Waals surface area contributed by atoms with Crippen LogP contribution in [-0.2, 0) is 5.41 Å². The lowest BCUT2D eigenvalue weighted by atomic mass is 9.82. The zero-order chi connectivity index (χ0) is 39.2. The summed E-state index contributed by atoms with van der Waals surface area (Å²) in [7, 11) is 0. The van der Waals surface area contributed by atoms with Crippen molar-refractivity contribution in [2.75, 3.05) is 0 Å². The average Bonchev–Trinajstić information content (AvgIpc) is 3.91. The largest absolute Gasteiger partial charge is 0.456 e. The fourth-order valence-corrected chi connectivity index (χ4v) is 9.37. The van der Waals surface area contributed by atoms with Crippen LogP contribution in [0.2, 0.25) is 0 Å². The third-order valence-corrected chi connectivity index (χ3v) is 12.3. The average molecular weight is 757 g/mol. The van der Waals surface area contributed by atoms with Gasteiger partial charge in [-0.15, -0.1) is 0 Å². The van der Waals surface area contributed by atoms with Crippen LogP contribution in [0, 0.1) is 0 Å². The monoisotopic (exact) mass is 756 g/mol. The standard InChI is InChI=1S/C54H36N4O/c1-54(2)45-22-11-9-18-38(45)39-27-25-36(30-46(39)54)52-55-51(34-16-7-4-8-17-34)56-53(57-52)43-21-13-20-42-40-19-10-12-23-47(40)58(50(42)43)37-26-29-48-44(32-37)41-28-24-35(31-49(41)59-48)33-14-5-3-6-15-33/h3-32H,1-2H3. The fourth-order valence-electron chi connectivity index (χ4n) is 9.37. The van der Waals surface area contributed by atoms with E-state index < -0.39 is 0 Å². The number of rotatable bonds is 5. The van der Waals surface area contributed by atoms with Crippen molar-refractivity contribution in [1.29, 1.82) is 0 Å². The van der Waals surface area contributed by atoms with E-state index in [2.05, 4.69) is 176 Å². The Morgan fingerprint density at radius 1 is 0.407 bits per heavy atom. The topological polar surface area (TPSA) is 56.7 Å². The van der Waals surface area contributed by atoms with Gasteiger partial charge in [0.1, 0.15) is 11.2 Å². The highest BCUT2D eigenvalue weighted by Gasteiger charge is 2.35. The number of para-hydroxylation sites is 2. The number of hydrogen-bond acceptors (Lipinski definition) is 4. The second-order valence-electron chi connectivity index (χ2n) is 16.0. The van der Waals surface area contributed by atoms with Gasteiger partial charge in [-0.3, -0.25) is 0 Å². The summed E-state index contributed by atoms with van der Waals surface area (Å²) in [5.41, 5.74) is 15.0. The molecule has 0 aliphatic heterocycles. The van der Waals surface area contributed by atoms with E-state index in [0.29, 0.717) is 17.5 Å². The molecule has 0 N–H and O–H groups in total. The number of furan rings is 1. The van der Waals surface area contributed by atoms with Crippen molar-refractivity contribution in [2.24, 2.45) is 0 Å². The molecular weight excluding hydrogens is 721 g/mol. The fraction of sp³-hybridized carbons (Fsp3) is 0.0556. The second kappa shape index (κ2) is 12.7. The normalized spacial score (nSPS) is 13.1. The SMILES string of the molecule is CC1(C)c2ccccc2-c2ccc(-c3nc(-c4ccccc4)nc(-c4cccc5c6ccccc6n(-c6ccc7oc8cc(-c9ccccc9)ccc8c7c6)c45)n3)cc21. The molecule has 3 heterocycles. The minimum Gasteiger partial charge on any atom is -0.456 e. The van der Waals surface area contributed by atoms with Crippen molar-refractivity contribution < 1.29 is 4.42 Å². The maximum Gasteiger partial charge on any atom is 0.166 e. The van der Waals surface area contributed by atoms with Crippen molar-refractivity contribution in [3.8, 4) is 62.1 Å². The lowest BCUT2D eigenvalue weighted by molar-refractivity contribution is 0.660. The van der Waals surface area contributed by atoms with Crippen molar-refractivity contribution >= 4 is 43.7 Å². The van der Waals surface area contributed by atoms with Crippen molar-refractivity contribution in [3.05, 3.63) is 193 Å². The zero-order valence-corrected chi connectivity index (χ0v) is 32.5. The summed E-state index contributed by atoms with van der Waals surface area (Å²) in [4.78, 5) is 15.8. The molecule has 59 heavy (non-hydrogen) atoms. The lowest BCUT2D eigenvalue weighted by Crippen LogP contribution is -2.15. The van der Waals surface area contributed by atoms with Crippen LogP contribution in [0.15, 0.2) is 186 Å². The molecule has 1 aliphatic carbocycles. The Kier molecular flexibility index (Phi) is 7.20. The summed E-state index contributed by atoms with van der Waals surface area (Å²) in [5.74, 6) is 1.90. The molecule has 0 fully saturated rings. The number of hydrogen-bond donors (Lipinski definition) is 0. The molecule has 0 amide bonds. The van der Waals surface area contributed by atoms with E-state index in [1.54, 1.807) is 0 Å². The van der Waals surface area contributed by atoms with Crippen LogP contribution in [0.4, 0.5) is 0 Å². The van der Waals surface area contributed by atoms with Gasteiger partial charge in [0, 0.05) is 49.3 Å². The molecule has 1 aliphatic rings. The van der Waals surface area contributed by atoms with Crippen LogP contribution >= 0.6 is 0 Å². The van der Waals surface area contributed by atoms with E-state index in [1.807, 2.05) is 24.3 Å². The molecular formula is C54H36N4O. The predicted molar refractivity (Wildman–Crippen MR) is 241 cm³/mol. The molecule has 12 rings (SSSR count). The van der Waals surface area contributed by atoms with Gasteiger partial charge in [-0.1, -0.05) is 147 Å². The van der Waals surface area contributed by atoms with Gasteiger partial charge in [0.25, 0.3) is 0 Å². The maximum atomic E-state index is 6.49. The van der Waals surface area contributed by atoms with Crippen LogP contribution in [0.5, 0.6) is 0 Å². The lowest BCUT2D eigenvalue weighted by Gasteiger charge is -2.21. The van der Waals surface area contributed by atoms with Crippen LogP contribution < -0.4 is 0 Å². The minimum atomic E-state index is -0.155. The van der Waals surface area contributed by atoms with Crippen LogP contribution in [0.25, 0.3) is 106 Å². The molecule has 278 valence electrons. The number of benzene rings is 8. The Hall–Kier alpha value is -7.63. The number of fused-ring (bicyclic) bond motifs is 9. The van der Waals surface area contributed by atoms with E-state index in [0.717, 1.165) is 77.2 Å². The molecule has 0 radical (unpaired) electrons. The summed E-state index contributed by atoms with van der Waals surface area (Å²) in [6.45, 7) is 4.61. The highest BCUT2D eigenvalue weighted by molar-refractivity contribution is 6.14. The highest BCUT2D eigenvalue weighted by atomic mass is 16.3. The van der Waals surface area contributed by atoms with Crippen molar-refractivity contribution in [3.63, 3.8) is 0 Å². The molecule has 0 unspecified atom stereocenters. The Labute approximate surface area is 340 Å². The van der Waals surface area contributed by atoms with E-state index >= 15 is 0 Å². The third kappa shape index (κ3) is 5.14. The first-order valence-electron chi connectivity index (χ1n) is 20.1. The van der Waals surface area contributed by atoms with Crippen molar-refractivity contribution in [2.45, 2.75) is 19.3 Å². The van der Waals surface area contributed by atoms with Gasteiger partial charge >= 0.3 is 0 Å². The van der Waals surface area contributed by atoms with E-state index in [9.17, 15) is 0 Å². The Bertz CT molecular complexity index is 3470. The minimum absolute atomic E-state index is 0.155. The molecule has 5 nitrogen and oxygen atoms in total. The summed E-state index contributed by atoms with van der Waals surface area (Å²) >= 11 is 0. The van der Waals surface area contributed by atoms with Gasteiger partial charge in [-0.05, 0) is 81.9 Å². The molecule has 0 saturated carbocycles. The molecule has 3 aromatic heterocycles. The smallest absolute Gasteiger partial charge is 0.166 e. The first-order valence-corrected chi connectivity index (χ1v) is 20.1. The second-order valence-corrected chi connectivity index (χ2v) is 16.0. The van der Waals surface area contributed by atoms with E-state index in [4.69, 9.17) is 19.4 Å². The van der Waals surface area contributed by atoms with E-state index in [-0.39, 0.29) is 5.41 Å². The molecule has 8 aromatic carbocycles. The molecule has 0 bridgehead atoms. The van der Waals surface area contributed by atoms with Crippen LogP contribution in [0.1, 0.15) is 25.0 Å². The van der Waals surface area contributed by atoms with Gasteiger partial charge in [-0.25, -0.2) is 15.0 Å². The highest BCUT2D eigenvalue weighted by Crippen LogP contribution is 2.49. The van der Waals surface area contributed by atoms with Crippen molar-refractivity contribution in [1.82, 2.24) is 19.5 Å². The quantitative estimate of drug-likeness (QED) is 0.175. The third-order valence-electron chi connectivity index (χ3n) is 12.3. The van der Waals surface area contributed by atoms with Gasteiger partial charge in [0.15, 0.2) is 17.5 Å². The zero-order valence-electron chi connectivity index (χ0n) is 32.5. The summed E-state index contributed by atoms with van der Waals surface area (Å²) < 4.78 is 8.85. The van der Waals surface area contributed by atoms with Gasteiger partial charge in [0.2, 0.25) is 0 Å². The molecule has 0 spiro atoms. The van der Waals surface area contributed by atoms with Gasteiger partial charge in [-0.2, -0.15) is 0 Å². The summed E-state index contributed by atoms with van der Waals surface area (Å²) in [5, 5.41) is 4.43. The number of aromatic nitrogens is 4. The van der Waals surface area contributed by atoms with Crippen LogP contribution in [-0.4, -0.2) is 19.5 Å². The first kappa shape index (κ1) is 33.5. The van der Waals surface area contributed by atoms with E-state index in [1.165, 1.54) is 22.3 Å². The summed E-state index contributed by atoms with van der Waals surface area (Å²) in [6.07, 6.45) is 0. The molecule has 5 heteroatoms. The Morgan fingerprint density at radius 2 is 1.07 bits per heavy atom. The van der Waals surface area contributed by atoms with Gasteiger partial charge < -0.3 is 8.98 Å². The molecule has 0 saturated heterocycles. The molecule has 11 aromatic rings.